The van der Waals surface area contributed by atoms with Crippen molar-refractivity contribution in [2.45, 2.75) is 50.6 Å². The van der Waals surface area contributed by atoms with Gasteiger partial charge in [-0.05, 0) is 55.9 Å². The van der Waals surface area contributed by atoms with Crippen LogP contribution in [0, 0.1) is 0 Å². The number of ether oxygens (including phenoxy) is 1. The van der Waals surface area contributed by atoms with Crippen LogP contribution in [0.4, 0.5) is 16.2 Å². The van der Waals surface area contributed by atoms with Crippen LogP contribution in [0.3, 0.4) is 0 Å². The number of carbonyl (C=O) groups excluding carboxylic acids is 3. The Morgan fingerprint density at radius 1 is 0.973 bits per heavy atom. The maximum absolute atomic E-state index is 13.1. The molecule has 2 aromatic carbocycles. The lowest BCUT2D eigenvalue weighted by atomic mass is 9.91. The largest absolute Gasteiger partial charge is 0.453 e. The molecule has 1 aliphatic heterocycles. The van der Waals surface area contributed by atoms with Gasteiger partial charge < -0.3 is 30.9 Å². The van der Waals surface area contributed by atoms with Crippen LogP contribution >= 0.6 is 0 Å². The van der Waals surface area contributed by atoms with Crippen LogP contribution in [0.25, 0.3) is 0 Å². The molecule has 2 aliphatic rings. The van der Waals surface area contributed by atoms with Gasteiger partial charge in [-0.3, -0.25) is 9.59 Å². The molecule has 0 aromatic heterocycles. The number of nitrogens with one attached hydrogen (secondary N) is 2. The number of benzene rings is 2. The number of anilines is 2. The summed E-state index contributed by atoms with van der Waals surface area (Å²) in [5.41, 5.74) is 8.83. The molecule has 9 heteroatoms. The highest BCUT2D eigenvalue weighted by molar-refractivity contribution is 6.00. The second kappa shape index (κ2) is 12.6. The topological polar surface area (TPSA) is 117 Å². The molecule has 198 valence electrons. The summed E-state index contributed by atoms with van der Waals surface area (Å²) in [6.07, 6.45) is 4.21. The molecule has 1 heterocycles. The summed E-state index contributed by atoms with van der Waals surface area (Å²) < 4.78 is 4.89. The lowest BCUT2D eigenvalue weighted by Gasteiger charge is -2.28. The Kier molecular flexibility index (Phi) is 9.00. The number of hydrogen-bond acceptors (Lipinski definition) is 6. The van der Waals surface area contributed by atoms with Gasteiger partial charge in [0.15, 0.2) is 0 Å². The van der Waals surface area contributed by atoms with E-state index in [1.54, 1.807) is 17.0 Å². The summed E-state index contributed by atoms with van der Waals surface area (Å²) in [6, 6.07) is 15.3. The van der Waals surface area contributed by atoms with E-state index < -0.39 is 0 Å². The smallest absolute Gasteiger partial charge is 0.409 e. The van der Waals surface area contributed by atoms with Crippen molar-refractivity contribution in [2.24, 2.45) is 5.73 Å². The number of rotatable bonds is 6. The van der Waals surface area contributed by atoms with E-state index in [4.69, 9.17) is 10.5 Å². The lowest BCUT2D eigenvalue weighted by Crippen LogP contribution is -2.40. The van der Waals surface area contributed by atoms with E-state index in [2.05, 4.69) is 15.5 Å². The maximum atomic E-state index is 13.1. The highest BCUT2D eigenvalue weighted by Gasteiger charge is 2.24. The number of nitrogens with zero attached hydrogens (tertiary/aromatic N) is 2. The number of hydrogen-bond donors (Lipinski definition) is 3. The van der Waals surface area contributed by atoms with Crippen molar-refractivity contribution >= 4 is 29.3 Å². The molecule has 0 atom stereocenters. The first kappa shape index (κ1) is 26.5. The summed E-state index contributed by atoms with van der Waals surface area (Å²) in [7, 11) is 1.39. The van der Waals surface area contributed by atoms with E-state index in [1.165, 1.54) is 7.11 Å². The number of methoxy groups -OCH3 is 1. The predicted molar refractivity (Wildman–Crippen MR) is 144 cm³/mol. The molecule has 3 amide bonds. The van der Waals surface area contributed by atoms with E-state index >= 15 is 0 Å². The Morgan fingerprint density at radius 2 is 1.73 bits per heavy atom. The van der Waals surface area contributed by atoms with Crippen molar-refractivity contribution in [1.29, 1.82) is 0 Å². The molecule has 4 N–H and O–H groups in total. The van der Waals surface area contributed by atoms with Gasteiger partial charge in [-0.1, -0.05) is 30.3 Å². The second-order valence-corrected chi connectivity index (χ2v) is 9.83. The molecule has 0 unspecified atom stereocenters. The van der Waals surface area contributed by atoms with Crippen LogP contribution in [0.2, 0.25) is 0 Å². The number of amides is 3. The highest BCUT2D eigenvalue weighted by atomic mass is 16.5. The summed E-state index contributed by atoms with van der Waals surface area (Å²) in [5.74, 6) is -0.310. The van der Waals surface area contributed by atoms with Gasteiger partial charge in [-0.15, -0.1) is 0 Å². The fraction of sp³-hybridized carbons (Fsp3) is 0.464. The summed E-state index contributed by atoms with van der Waals surface area (Å²) >= 11 is 0. The Hall–Kier alpha value is -3.59. The Bertz CT molecular complexity index is 1090. The van der Waals surface area contributed by atoms with Gasteiger partial charge in [0.1, 0.15) is 0 Å². The fourth-order valence-electron chi connectivity index (χ4n) is 5.03. The predicted octanol–water partition coefficient (Wildman–Crippen LogP) is 3.15. The first-order valence-corrected chi connectivity index (χ1v) is 13.0. The SMILES string of the molecule is COC(=O)N1CCCN(c2ccc(C(=O)NC3CCC(N)CC3)cc2NC(=O)Cc2ccccc2)CC1. The molecule has 1 aliphatic carbocycles. The zero-order valence-electron chi connectivity index (χ0n) is 21.4. The average Bonchev–Trinajstić information content (AvgIpc) is 3.16. The summed E-state index contributed by atoms with van der Waals surface area (Å²) in [6.45, 7) is 2.41. The number of carbonyl (C=O) groups is 3. The maximum Gasteiger partial charge on any atom is 0.409 e. The van der Waals surface area contributed by atoms with Gasteiger partial charge >= 0.3 is 6.09 Å². The highest BCUT2D eigenvalue weighted by Crippen LogP contribution is 2.29. The monoisotopic (exact) mass is 507 g/mol. The van der Waals surface area contributed by atoms with Gasteiger partial charge in [0.2, 0.25) is 5.91 Å². The van der Waals surface area contributed by atoms with Gasteiger partial charge in [-0.25, -0.2) is 4.79 Å². The molecule has 1 saturated heterocycles. The van der Waals surface area contributed by atoms with Crippen molar-refractivity contribution in [1.82, 2.24) is 10.2 Å². The Labute approximate surface area is 218 Å². The molecule has 0 spiro atoms. The molecule has 0 radical (unpaired) electrons. The first-order valence-electron chi connectivity index (χ1n) is 13.0. The van der Waals surface area contributed by atoms with Crippen molar-refractivity contribution in [3.63, 3.8) is 0 Å². The molecule has 2 fully saturated rings. The van der Waals surface area contributed by atoms with Gasteiger partial charge in [-0.2, -0.15) is 0 Å². The molecule has 9 nitrogen and oxygen atoms in total. The van der Waals surface area contributed by atoms with E-state index in [-0.39, 0.29) is 36.4 Å². The number of nitrogens with two attached hydrogens (primary N) is 1. The van der Waals surface area contributed by atoms with Gasteiger partial charge in [0, 0.05) is 43.8 Å². The molecular formula is C28H37N5O4. The third-order valence-electron chi connectivity index (χ3n) is 7.12. The van der Waals surface area contributed by atoms with Crippen molar-refractivity contribution in [3.05, 3.63) is 59.7 Å². The molecule has 0 bridgehead atoms. The molecule has 2 aromatic rings. The van der Waals surface area contributed by atoms with E-state index in [0.29, 0.717) is 37.4 Å². The minimum absolute atomic E-state index is 0.109. The first-order chi connectivity index (χ1) is 17.9. The van der Waals surface area contributed by atoms with Crippen LogP contribution in [0.15, 0.2) is 48.5 Å². The van der Waals surface area contributed by atoms with Crippen molar-refractivity contribution in [2.75, 3.05) is 43.5 Å². The van der Waals surface area contributed by atoms with E-state index in [9.17, 15) is 14.4 Å². The van der Waals surface area contributed by atoms with E-state index in [0.717, 1.165) is 43.4 Å². The quantitative estimate of drug-likeness (QED) is 0.553. The van der Waals surface area contributed by atoms with E-state index in [1.807, 2.05) is 36.4 Å². The third-order valence-corrected chi connectivity index (χ3v) is 7.12. The summed E-state index contributed by atoms with van der Waals surface area (Å²) in [5, 5.41) is 6.18. The zero-order valence-corrected chi connectivity index (χ0v) is 21.4. The fourth-order valence-corrected chi connectivity index (χ4v) is 5.03. The van der Waals surface area contributed by atoms with Crippen LogP contribution in [0.5, 0.6) is 0 Å². The van der Waals surface area contributed by atoms with Crippen LogP contribution in [-0.4, -0.2) is 68.2 Å². The third kappa shape index (κ3) is 7.22. The summed E-state index contributed by atoms with van der Waals surface area (Å²) in [4.78, 5) is 41.9. The minimum Gasteiger partial charge on any atom is -0.453 e. The normalized spacial score (nSPS) is 20.1. The Balaban J connectivity index is 1.53. The molecule has 37 heavy (non-hydrogen) atoms. The lowest BCUT2D eigenvalue weighted by molar-refractivity contribution is -0.115. The van der Waals surface area contributed by atoms with Crippen LogP contribution in [-0.2, 0) is 16.0 Å². The van der Waals surface area contributed by atoms with Crippen LogP contribution in [0.1, 0.15) is 48.0 Å². The van der Waals surface area contributed by atoms with Crippen molar-refractivity contribution < 1.29 is 19.1 Å². The standard InChI is InChI=1S/C28H37N5O4/c1-37-28(36)33-15-5-14-32(16-17-33)25-13-8-21(27(35)30-23-11-9-22(29)10-12-23)19-24(25)31-26(34)18-20-6-3-2-4-7-20/h2-4,6-8,13,19,22-23H,5,9-12,14-18,29H2,1H3,(H,30,35)(H,31,34). The minimum atomic E-state index is -0.339. The van der Waals surface area contributed by atoms with Crippen molar-refractivity contribution in [3.8, 4) is 0 Å². The molecule has 1 saturated carbocycles. The molecular weight excluding hydrogens is 470 g/mol. The zero-order chi connectivity index (χ0) is 26.2. The second-order valence-electron chi connectivity index (χ2n) is 9.83. The average molecular weight is 508 g/mol. The molecule has 4 rings (SSSR count). The van der Waals surface area contributed by atoms with Crippen LogP contribution < -0.4 is 21.3 Å². The van der Waals surface area contributed by atoms with Gasteiger partial charge in [0.25, 0.3) is 5.91 Å². The Morgan fingerprint density at radius 3 is 2.46 bits per heavy atom. The van der Waals surface area contributed by atoms with Gasteiger partial charge in [0.05, 0.1) is 24.9 Å².